The van der Waals surface area contributed by atoms with Crippen LogP contribution in [-0.4, -0.2) is 48.3 Å². The van der Waals surface area contributed by atoms with Gasteiger partial charge >= 0.3 is 0 Å². The van der Waals surface area contributed by atoms with Crippen molar-refractivity contribution in [2.75, 3.05) is 18.1 Å². The Morgan fingerprint density at radius 3 is 2.77 bits per heavy atom. The number of para-hydroxylation sites is 1. The molecule has 2 heterocycles. The van der Waals surface area contributed by atoms with Crippen LogP contribution >= 0.6 is 0 Å². The summed E-state index contributed by atoms with van der Waals surface area (Å²) in [4.78, 5) is 17.6. The topological polar surface area (TPSA) is 70.2 Å². The Morgan fingerprint density at radius 1 is 1.41 bits per heavy atom. The van der Waals surface area contributed by atoms with Crippen molar-refractivity contribution >= 4 is 26.6 Å². The number of aromatic nitrogens is 1. The molecule has 1 aromatic carbocycles. The average molecular weight is 320 g/mol. The molecular weight excluding hydrogens is 300 g/mol. The number of nitrogens with one attached hydrogen (secondary N) is 1. The Hall–Kier alpha value is -1.82. The van der Waals surface area contributed by atoms with E-state index in [1.165, 1.54) is 0 Å². The molecular formula is C16H20N2O3S. The van der Waals surface area contributed by atoms with Crippen molar-refractivity contribution in [1.29, 1.82) is 0 Å². The second-order valence-corrected chi connectivity index (χ2v) is 8.10. The summed E-state index contributed by atoms with van der Waals surface area (Å²) in [6.07, 6.45) is 0.529. The lowest BCUT2D eigenvalue weighted by atomic mass is 10.1. The van der Waals surface area contributed by atoms with Crippen LogP contribution in [0.15, 0.2) is 24.3 Å². The van der Waals surface area contributed by atoms with Gasteiger partial charge in [0.15, 0.2) is 9.84 Å². The zero-order valence-corrected chi connectivity index (χ0v) is 13.6. The summed E-state index contributed by atoms with van der Waals surface area (Å²) in [5, 5.41) is 0.999. The van der Waals surface area contributed by atoms with Crippen molar-refractivity contribution in [3.8, 4) is 0 Å². The van der Waals surface area contributed by atoms with Crippen LogP contribution < -0.4 is 0 Å². The minimum absolute atomic E-state index is 0.0752. The summed E-state index contributed by atoms with van der Waals surface area (Å²) in [5.74, 6) is 0.124. The van der Waals surface area contributed by atoms with Crippen molar-refractivity contribution in [3.05, 3.63) is 35.5 Å². The van der Waals surface area contributed by atoms with Crippen LogP contribution in [0.4, 0.5) is 0 Å². The maximum atomic E-state index is 12.8. The van der Waals surface area contributed by atoms with E-state index >= 15 is 0 Å². The molecule has 1 aliphatic heterocycles. The molecule has 6 heteroatoms. The minimum Gasteiger partial charge on any atom is -0.350 e. The van der Waals surface area contributed by atoms with Crippen LogP contribution in [0.5, 0.6) is 0 Å². The van der Waals surface area contributed by atoms with Gasteiger partial charge < -0.3 is 9.88 Å². The van der Waals surface area contributed by atoms with Gasteiger partial charge in [-0.15, -0.1) is 0 Å². The highest BCUT2D eigenvalue weighted by molar-refractivity contribution is 7.91. The fourth-order valence-electron chi connectivity index (χ4n) is 3.17. The molecule has 2 aromatic rings. The maximum Gasteiger partial charge on any atom is 0.270 e. The minimum atomic E-state index is -3.00. The van der Waals surface area contributed by atoms with Crippen LogP contribution in [0.1, 0.15) is 29.4 Å². The third-order valence-corrected chi connectivity index (χ3v) is 6.10. The molecule has 1 unspecified atom stereocenters. The first-order valence-corrected chi connectivity index (χ1v) is 9.33. The van der Waals surface area contributed by atoms with Crippen LogP contribution in [0.2, 0.25) is 0 Å². The van der Waals surface area contributed by atoms with Crippen molar-refractivity contribution < 1.29 is 13.2 Å². The molecule has 0 aliphatic carbocycles. The van der Waals surface area contributed by atoms with Crippen molar-refractivity contribution in [1.82, 2.24) is 9.88 Å². The summed E-state index contributed by atoms with van der Waals surface area (Å²) in [7, 11) is -3.00. The van der Waals surface area contributed by atoms with E-state index in [9.17, 15) is 13.2 Å². The number of aryl methyl sites for hydroxylation is 1. The van der Waals surface area contributed by atoms with Gasteiger partial charge in [0.05, 0.1) is 11.5 Å². The number of hydrogen-bond acceptors (Lipinski definition) is 3. The normalized spacial score (nSPS) is 20.4. The fourth-order valence-corrected chi connectivity index (χ4v) is 4.90. The molecule has 3 rings (SSSR count). The number of aromatic amines is 1. The molecule has 0 spiro atoms. The second-order valence-electron chi connectivity index (χ2n) is 5.87. The highest BCUT2D eigenvalue weighted by Gasteiger charge is 2.34. The number of carbonyl (C=O) groups excluding carboxylic acids is 1. The summed E-state index contributed by atoms with van der Waals surface area (Å²) in [5.41, 5.74) is 2.57. The third kappa shape index (κ3) is 2.63. The Morgan fingerprint density at radius 2 is 2.18 bits per heavy atom. The molecule has 22 heavy (non-hydrogen) atoms. The quantitative estimate of drug-likeness (QED) is 0.942. The highest BCUT2D eigenvalue weighted by atomic mass is 32.2. The summed E-state index contributed by atoms with van der Waals surface area (Å²) >= 11 is 0. The van der Waals surface area contributed by atoms with Gasteiger partial charge in [-0.1, -0.05) is 18.2 Å². The predicted octanol–water partition coefficient (Wildman–Crippen LogP) is 2.13. The number of carbonyl (C=O) groups is 1. The standard InChI is InChI=1S/C16H20N2O3S/c1-3-18(13-7-8-22(20,21)10-13)16(19)14-9-12-6-4-5-11(2)15(12)17-14/h4-6,9,13,17H,3,7-8,10H2,1-2H3. The Balaban J connectivity index is 1.92. The monoisotopic (exact) mass is 320 g/mol. The first kappa shape index (κ1) is 15.1. The molecule has 1 aromatic heterocycles. The first-order chi connectivity index (χ1) is 10.4. The molecule has 0 saturated carbocycles. The number of rotatable bonds is 3. The van der Waals surface area contributed by atoms with Crippen molar-refractivity contribution in [3.63, 3.8) is 0 Å². The summed E-state index contributed by atoms with van der Waals surface area (Å²) in [6, 6.07) is 7.55. The second kappa shape index (κ2) is 5.43. The summed E-state index contributed by atoms with van der Waals surface area (Å²) in [6.45, 7) is 4.39. The molecule has 118 valence electrons. The zero-order valence-electron chi connectivity index (χ0n) is 12.8. The SMILES string of the molecule is CCN(C(=O)c1cc2cccc(C)c2[nH]1)C1CCS(=O)(=O)C1. The molecule has 1 atom stereocenters. The van der Waals surface area contributed by atoms with Crippen LogP contribution in [0.3, 0.4) is 0 Å². The number of nitrogens with zero attached hydrogens (tertiary/aromatic N) is 1. The Kier molecular flexibility index (Phi) is 3.72. The largest absolute Gasteiger partial charge is 0.350 e. The van der Waals surface area contributed by atoms with E-state index < -0.39 is 9.84 Å². The maximum absolute atomic E-state index is 12.8. The lowest BCUT2D eigenvalue weighted by molar-refractivity contribution is 0.0703. The molecule has 5 nitrogen and oxygen atoms in total. The van der Waals surface area contributed by atoms with E-state index in [1.54, 1.807) is 4.90 Å². The Labute approximate surface area is 130 Å². The van der Waals surface area contributed by atoms with Gasteiger partial charge in [0.1, 0.15) is 5.69 Å². The lowest BCUT2D eigenvalue weighted by Crippen LogP contribution is -2.41. The van der Waals surface area contributed by atoms with E-state index in [2.05, 4.69) is 4.98 Å². The number of hydrogen-bond donors (Lipinski definition) is 1. The van der Waals surface area contributed by atoms with Crippen LogP contribution in [-0.2, 0) is 9.84 Å². The molecule has 0 radical (unpaired) electrons. The third-order valence-electron chi connectivity index (χ3n) is 4.35. The predicted molar refractivity (Wildman–Crippen MR) is 86.8 cm³/mol. The molecule has 1 fully saturated rings. The van der Waals surface area contributed by atoms with Gasteiger partial charge in [-0.05, 0) is 31.9 Å². The summed E-state index contributed by atoms with van der Waals surface area (Å²) < 4.78 is 23.3. The first-order valence-electron chi connectivity index (χ1n) is 7.51. The van der Waals surface area contributed by atoms with Crippen molar-refractivity contribution in [2.45, 2.75) is 26.3 Å². The van der Waals surface area contributed by atoms with Gasteiger partial charge in [0.2, 0.25) is 0 Å². The average Bonchev–Trinajstić information content (AvgIpc) is 3.04. The molecule has 0 bridgehead atoms. The van der Waals surface area contributed by atoms with Gasteiger partial charge in [-0.3, -0.25) is 4.79 Å². The van der Waals surface area contributed by atoms with Crippen LogP contribution in [0.25, 0.3) is 10.9 Å². The van der Waals surface area contributed by atoms with E-state index in [0.717, 1.165) is 16.5 Å². The molecule has 1 amide bonds. The van der Waals surface area contributed by atoms with E-state index in [-0.39, 0.29) is 23.5 Å². The van der Waals surface area contributed by atoms with E-state index in [1.807, 2.05) is 38.1 Å². The zero-order chi connectivity index (χ0) is 15.9. The van der Waals surface area contributed by atoms with Crippen LogP contribution in [0, 0.1) is 6.92 Å². The number of sulfone groups is 1. The van der Waals surface area contributed by atoms with Crippen molar-refractivity contribution in [2.24, 2.45) is 0 Å². The molecule has 1 N–H and O–H groups in total. The highest BCUT2D eigenvalue weighted by Crippen LogP contribution is 2.23. The number of amides is 1. The molecule has 1 saturated heterocycles. The number of fused-ring (bicyclic) bond motifs is 1. The van der Waals surface area contributed by atoms with Gasteiger partial charge in [0, 0.05) is 23.5 Å². The smallest absolute Gasteiger partial charge is 0.270 e. The lowest BCUT2D eigenvalue weighted by Gasteiger charge is -2.26. The Bertz CT molecular complexity index is 823. The number of H-pyrrole nitrogens is 1. The van der Waals surface area contributed by atoms with E-state index in [4.69, 9.17) is 0 Å². The van der Waals surface area contributed by atoms with Gasteiger partial charge in [-0.25, -0.2) is 8.42 Å². The van der Waals surface area contributed by atoms with Gasteiger partial charge in [0.25, 0.3) is 5.91 Å². The molecule has 1 aliphatic rings. The van der Waals surface area contributed by atoms with Gasteiger partial charge in [-0.2, -0.15) is 0 Å². The number of benzene rings is 1. The fraction of sp³-hybridized carbons (Fsp3) is 0.438. The van der Waals surface area contributed by atoms with E-state index in [0.29, 0.717) is 18.7 Å².